The van der Waals surface area contributed by atoms with Gasteiger partial charge in [-0.05, 0) is 61.6 Å². The molecule has 11 heteroatoms. The van der Waals surface area contributed by atoms with Crippen molar-refractivity contribution in [1.82, 2.24) is 19.9 Å². The second kappa shape index (κ2) is 12.8. The quantitative estimate of drug-likeness (QED) is 0.319. The number of aromatic nitrogens is 1. The van der Waals surface area contributed by atoms with E-state index in [1.807, 2.05) is 12.1 Å². The van der Waals surface area contributed by atoms with Crippen molar-refractivity contribution < 1.29 is 23.9 Å². The zero-order chi connectivity index (χ0) is 31.0. The fraction of sp³-hybridized carbons (Fsp3) is 0.576. The molecule has 236 valence electrons. The van der Waals surface area contributed by atoms with Crippen LogP contribution in [-0.4, -0.2) is 64.2 Å². The number of pyridine rings is 1. The molecule has 6 rings (SSSR count). The van der Waals surface area contributed by atoms with Crippen molar-refractivity contribution in [2.45, 2.75) is 88.1 Å². The van der Waals surface area contributed by atoms with Crippen LogP contribution in [0.2, 0.25) is 5.02 Å². The van der Waals surface area contributed by atoms with Gasteiger partial charge in [-0.25, -0.2) is 4.98 Å². The van der Waals surface area contributed by atoms with Crippen LogP contribution in [0.5, 0.6) is 11.6 Å². The van der Waals surface area contributed by atoms with E-state index in [0.717, 1.165) is 32.1 Å². The van der Waals surface area contributed by atoms with Crippen molar-refractivity contribution in [2.75, 3.05) is 13.7 Å². The second-order valence-corrected chi connectivity index (χ2v) is 14.5. The van der Waals surface area contributed by atoms with E-state index < -0.39 is 17.7 Å². The predicted molar refractivity (Wildman–Crippen MR) is 172 cm³/mol. The normalized spacial score (nSPS) is 31.6. The Bertz CT molecular complexity index is 1470. The lowest BCUT2D eigenvalue weighted by atomic mass is 9.95. The molecule has 6 atom stereocenters. The third kappa shape index (κ3) is 6.52. The van der Waals surface area contributed by atoms with Crippen LogP contribution >= 0.6 is 23.5 Å². The Hall–Kier alpha value is -2.98. The Balaban J connectivity index is 1.27. The number of nitrogens with one attached hydrogen (secondary N) is 2. The van der Waals surface area contributed by atoms with E-state index in [0.29, 0.717) is 51.4 Å². The number of fused-ring (bicyclic) bond motifs is 3. The number of carbonyl (C=O) groups is 3. The molecular formula is C33H41ClN4O5S. The molecule has 2 saturated carbocycles. The third-order valence-electron chi connectivity index (χ3n) is 9.33. The van der Waals surface area contributed by atoms with E-state index in [-0.39, 0.29) is 42.5 Å². The first kappa shape index (κ1) is 31.0. The van der Waals surface area contributed by atoms with Crippen LogP contribution in [0.25, 0.3) is 10.8 Å². The average molecular weight is 641 g/mol. The van der Waals surface area contributed by atoms with Crippen molar-refractivity contribution in [3.63, 3.8) is 0 Å². The van der Waals surface area contributed by atoms with Crippen molar-refractivity contribution in [3.05, 3.63) is 41.6 Å². The highest BCUT2D eigenvalue weighted by molar-refractivity contribution is 7.98. The van der Waals surface area contributed by atoms with E-state index in [1.54, 1.807) is 24.3 Å². The van der Waals surface area contributed by atoms with Gasteiger partial charge in [-0.15, -0.1) is 0 Å². The molecule has 2 aliphatic heterocycles. The predicted octanol–water partition coefficient (Wildman–Crippen LogP) is 5.45. The minimum absolute atomic E-state index is 0.0736. The second-order valence-electron chi connectivity index (χ2n) is 13.0. The van der Waals surface area contributed by atoms with Crippen LogP contribution < -0.4 is 19.5 Å². The van der Waals surface area contributed by atoms with Crippen LogP contribution in [0.4, 0.5) is 0 Å². The summed E-state index contributed by atoms with van der Waals surface area (Å²) in [7, 11) is 1.56. The number of amides is 3. The fourth-order valence-electron chi connectivity index (χ4n) is 6.44. The number of hydrogen-bond donors (Lipinski definition) is 2. The van der Waals surface area contributed by atoms with Gasteiger partial charge in [0.05, 0.1) is 24.9 Å². The zero-order valence-electron chi connectivity index (χ0n) is 25.5. The number of benzene rings is 1. The van der Waals surface area contributed by atoms with Crippen LogP contribution in [0.15, 0.2) is 36.5 Å². The molecule has 44 heavy (non-hydrogen) atoms. The molecule has 3 fully saturated rings. The first-order valence-electron chi connectivity index (χ1n) is 15.7. The molecule has 1 aromatic heterocycles. The zero-order valence-corrected chi connectivity index (χ0v) is 27.1. The lowest BCUT2D eigenvalue weighted by Gasteiger charge is -2.27. The summed E-state index contributed by atoms with van der Waals surface area (Å²) in [5, 5.41) is 5.46. The Kier molecular flexibility index (Phi) is 9.02. The Morgan fingerprint density at radius 3 is 2.77 bits per heavy atom. The van der Waals surface area contributed by atoms with Gasteiger partial charge in [-0.1, -0.05) is 56.5 Å². The van der Waals surface area contributed by atoms with Crippen molar-refractivity contribution in [2.24, 2.45) is 17.8 Å². The van der Waals surface area contributed by atoms with Gasteiger partial charge < -0.3 is 19.7 Å². The number of ether oxygens (including phenoxy) is 2. The van der Waals surface area contributed by atoms with E-state index in [4.69, 9.17) is 21.1 Å². The molecule has 3 heterocycles. The summed E-state index contributed by atoms with van der Waals surface area (Å²) < 4.78 is 14.9. The monoisotopic (exact) mass is 640 g/mol. The van der Waals surface area contributed by atoms with Gasteiger partial charge in [0.1, 0.15) is 23.4 Å². The van der Waals surface area contributed by atoms with Crippen LogP contribution in [0.1, 0.15) is 65.2 Å². The molecule has 9 nitrogen and oxygen atoms in total. The summed E-state index contributed by atoms with van der Waals surface area (Å²) in [6.45, 7) is 4.52. The molecule has 0 bridgehead atoms. The van der Waals surface area contributed by atoms with Gasteiger partial charge in [0.2, 0.25) is 17.7 Å². The van der Waals surface area contributed by atoms with Crippen molar-refractivity contribution >= 4 is 52.0 Å². The van der Waals surface area contributed by atoms with Gasteiger partial charge >= 0.3 is 0 Å². The molecule has 2 aromatic rings. The van der Waals surface area contributed by atoms with Gasteiger partial charge in [0, 0.05) is 34.8 Å². The summed E-state index contributed by atoms with van der Waals surface area (Å²) in [5.74, 6) is 0.797. The number of methoxy groups -OCH3 is 1. The number of hydrogen-bond acceptors (Lipinski definition) is 7. The Morgan fingerprint density at radius 1 is 1.18 bits per heavy atom. The molecule has 1 saturated heterocycles. The highest BCUT2D eigenvalue weighted by Gasteiger charge is 2.61. The summed E-state index contributed by atoms with van der Waals surface area (Å²) in [5.41, 5.74) is -1.01. The van der Waals surface area contributed by atoms with Gasteiger partial charge in [-0.2, -0.15) is 0 Å². The maximum absolute atomic E-state index is 14.0. The third-order valence-corrected chi connectivity index (χ3v) is 10.8. The van der Waals surface area contributed by atoms with Gasteiger partial charge in [-0.3, -0.25) is 19.1 Å². The summed E-state index contributed by atoms with van der Waals surface area (Å²) in [6, 6.07) is 4.71. The van der Waals surface area contributed by atoms with Crippen LogP contribution in [0, 0.1) is 17.8 Å². The summed E-state index contributed by atoms with van der Waals surface area (Å²) >= 11 is 7.96. The largest absolute Gasteiger partial charge is 0.494 e. The molecule has 0 spiro atoms. The standard InChI is InChI=1S/C33H41ClN4O5S/c1-19-6-4-7-20(2)14-28(39)38-18-22(43-31-24-8-5-9-25(34)29(24)27(42-3)17-35-31)15-26(38)30(40)36-33(16-21(33)11-10-19)32(41)37-44-23-12-13-23/h5,8-11,17,19-23,26H,4,6-7,12-16,18H2,1-3H3,(H,36,40)(H,37,41)/b11-10-/t19-,20-,21?,22-,26+,33-/m1/s1. The number of nitrogens with zero attached hydrogens (tertiary/aromatic N) is 2. The molecule has 2 N–H and O–H groups in total. The molecular weight excluding hydrogens is 600 g/mol. The summed E-state index contributed by atoms with van der Waals surface area (Å²) in [4.78, 5) is 47.4. The number of rotatable bonds is 6. The SMILES string of the molecule is COc1cnc(O[C@@H]2C[C@H]3C(=O)N[C@]4(C(=O)NSC5CC5)CC4/C=C\[C@H](C)CCC[C@@H](C)CC(=O)N3C2)c2cccc(Cl)c12. The molecule has 4 aliphatic rings. The fourth-order valence-corrected chi connectivity index (χ4v) is 7.54. The maximum Gasteiger partial charge on any atom is 0.256 e. The highest BCUT2D eigenvalue weighted by atomic mass is 35.5. The lowest BCUT2D eigenvalue weighted by molar-refractivity contribution is -0.140. The molecule has 1 unspecified atom stereocenters. The maximum atomic E-state index is 14.0. The molecule has 1 aromatic carbocycles. The topological polar surface area (TPSA) is 110 Å². The molecule has 3 amide bonds. The summed E-state index contributed by atoms with van der Waals surface area (Å²) in [6.07, 6.45) is 11.7. The first-order valence-corrected chi connectivity index (χ1v) is 17.0. The van der Waals surface area contributed by atoms with Crippen LogP contribution in [0.3, 0.4) is 0 Å². The number of halogens is 1. The van der Waals surface area contributed by atoms with Gasteiger partial charge in [0.15, 0.2) is 0 Å². The highest BCUT2D eigenvalue weighted by Crippen LogP contribution is 2.47. The van der Waals surface area contributed by atoms with Crippen molar-refractivity contribution in [3.8, 4) is 11.6 Å². The smallest absolute Gasteiger partial charge is 0.256 e. The molecule has 0 radical (unpaired) electrons. The van der Waals surface area contributed by atoms with E-state index in [1.165, 1.54) is 11.9 Å². The molecule has 2 aliphatic carbocycles. The minimum Gasteiger partial charge on any atom is -0.494 e. The minimum atomic E-state index is -1.01. The number of allylic oxidation sites excluding steroid dienone is 1. The average Bonchev–Trinajstić information content (AvgIpc) is 3.91. The van der Waals surface area contributed by atoms with E-state index >= 15 is 0 Å². The lowest BCUT2D eigenvalue weighted by Crippen LogP contribution is -2.55. The van der Waals surface area contributed by atoms with Crippen LogP contribution in [-0.2, 0) is 14.4 Å². The Labute approximate surface area is 268 Å². The Morgan fingerprint density at radius 2 is 2.00 bits per heavy atom. The number of carbonyl (C=O) groups excluding carboxylic acids is 3. The van der Waals surface area contributed by atoms with E-state index in [2.05, 4.69) is 41.0 Å². The van der Waals surface area contributed by atoms with Crippen molar-refractivity contribution in [1.29, 1.82) is 0 Å². The van der Waals surface area contributed by atoms with E-state index in [9.17, 15) is 14.4 Å². The van der Waals surface area contributed by atoms with Gasteiger partial charge in [0.25, 0.3) is 5.91 Å². The first-order chi connectivity index (χ1) is 21.2.